The number of aromatic nitrogens is 2. The van der Waals surface area contributed by atoms with Gasteiger partial charge in [0.05, 0.1) is 11.6 Å². The van der Waals surface area contributed by atoms with Gasteiger partial charge in [-0.25, -0.2) is 9.97 Å². The number of rotatable bonds is 9. The number of benzene rings is 2. The van der Waals surface area contributed by atoms with Gasteiger partial charge in [0, 0.05) is 43.0 Å². The molecular formula is C30H34ClN7O3. The van der Waals surface area contributed by atoms with Gasteiger partial charge in [0.15, 0.2) is 11.5 Å². The Labute approximate surface area is 244 Å². The van der Waals surface area contributed by atoms with Crippen molar-refractivity contribution in [1.29, 1.82) is 0 Å². The Hall–Kier alpha value is -4.18. The number of aryl methyl sites for hydroxylation is 1. The second-order valence-corrected chi connectivity index (χ2v) is 11.5. The summed E-state index contributed by atoms with van der Waals surface area (Å²) in [5, 5.41) is 3.75. The molecule has 41 heavy (non-hydrogen) atoms. The first kappa shape index (κ1) is 28.4. The third-order valence-corrected chi connectivity index (χ3v) is 8.23. The topological polar surface area (TPSA) is 148 Å². The molecule has 1 aliphatic carbocycles. The number of carbonyl (C=O) groups is 3. The largest absolute Gasteiger partial charge is 0.369 e. The van der Waals surface area contributed by atoms with Crippen LogP contribution in [-0.2, 0) is 15.0 Å². The quantitative estimate of drug-likeness (QED) is 0.348. The highest BCUT2D eigenvalue weighted by atomic mass is 35.5. The van der Waals surface area contributed by atoms with Crippen molar-refractivity contribution in [2.75, 3.05) is 35.3 Å². The average Bonchev–Trinajstić information content (AvgIpc) is 3.75. The van der Waals surface area contributed by atoms with Crippen LogP contribution in [0.5, 0.6) is 0 Å². The van der Waals surface area contributed by atoms with E-state index in [1.165, 1.54) is 0 Å². The fourth-order valence-corrected chi connectivity index (χ4v) is 5.77. The first-order valence-corrected chi connectivity index (χ1v) is 14.1. The zero-order valence-electron chi connectivity index (χ0n) is 23.2. The molecule has 3 amide bonds. The van der Waals surface area contributed by atoms with Crippen LogP contribution < -0.4 is 26.6 Å². The van der Waals surface area contributed by atoms with Crippen molar-refractivity contribution in [3.63, 3.8) is 0 Å². The molecule has 2 fully saturated rings. The normalized spacial score (nSPS) is 17.5. The lowest BCUT2D eigenvalue weighted by Gasteiger charge is -2.34. The maximum absolute atomic E-state index is 13.1. The summed E-state index contributed by atoms with van der Waals surface area (Å²) in [7, 11) is 1.77. The summed E-state index contributed by atoms with van der Waals surface area (Å²) in [6.45, 7) is 3.33. The van der Waals surface area contributed by atoms with Crippen LogP contribution in [0.4, 0.5) is 23.0 Å². The van der Waals surface area contributed by atoms with Gasteiger partial charge in [-0.3, -0.25) is 14.4 Å². The van der Waals surface area contributed by atoms with E-state index in [2.05, 4.69) is 15.2 Å². The second kappa shape index (κ2) is 11.4. The minimum absolute atomic E-state index is 0.0174. The van der Waals surface area contributed by atoms with Crippen LogP contribution >= 0.6 is 11.6 Å². The van der Waals surface area contributed by atoms with Crippen molar-refractivity contribution in [1.82, 2.24) is 9.97 Å². The van der Waals surface area contributed by atoms with Gasteiger partial charge in [-0.15, -0.1) is 0 Å². The summed E-state index contributed by atoms with van der Waals surface area (Å²) >= 11 is 6.20. The van der Waals surface area contributed by atoms with Crippen molar-refractivity contribution >= 4 is 52.3 Å². The maximum Gasteiger partial charge on any atom is 0.271 e. The van der Waals surface area contributed by atoms with Gasteiger partial charge in [-0.1, -0.05) is 23.7 Å². The van der Waals surface area contributed by atoms with E-state index in [9.17, 15) is 14.4 Å². The van der Waals surface area contributed by atoms with E-state index in [1.807, 2.05) is 43.3 Å². The molecular weight excluding hydrogens is 542 g/mol. The average molecular weight is 576 g/mol. The van der Waals surface area contributed by atoms with Crippen LogP contribution in [0, 0.1) is 12.8 Å². The first-order valence-electron chi connectivity index (χ1n) is 13.7. The Bertz CT molecular complexity index is 1470. The van der Waals surface area contributed by atoms with Gasteiger partial charge in [0.2, 0.25) is 11.8 Å². The van der Waals surface area contributed by atoms with Gasteiger partial charge < -0.3 is 26.6 Å². The van der Waals surface area contributed by atoms with Crippen molar-refractivity contribution in [2.45, 2.75) is 44.4 Å². The van der Waals surface area contributed by atoms with E-state index >= 15 is 0 Å². The van der Waals surface area contributed by atoms with Crippen LogP contribution in [0.1, 0.15) is 53.7 Å². The molecule has 214 valence electrons. The molecule has 0 unspecified atom stereocenters. The van der Waals surface area contributed by atoms with Crippen LogP contribution in [0.2, 0.25) is 5.02 Å². The van der Waals surface area contributed by atoms with Crippen molar-refractivity contribution in [3.05, 3.63) is 70.5 Å². The number of nitrogens with two attached hydrogens (primary N) is 2. The number of amides is 3. The molecule has 1 saturated heterocycles. The minimum atomic E-state index is -0.699. The molecule has 5 N–H and O–H groups in total. The summed E-state index contributed by atoms with van der Waals surface area (Å²) in [6, 6.07) is 12.9. The Balaban J connectivity index is 1.29. The number of halogens is 1. The van der Waals surface area contributed by atoms with Gasteiger partial charge in [0.1, 0.15) is 5.82 Å². The Morgan fingerprint density at radius 3 is 2.51 bits per heavy atom. The van der Waals surface area contributed by atoms with Crippen LogP contribution in [0.25, 0.3) is 0 Å². The van der Waals surface area contributed by atoms with Crippen LogP contribution in [0.15, 0.2) is 48.7 Å². The van der Waals surface area contributed by atoms with Crippen molar-refractivity contribution in [3.8, 4) is 0 Å². The Kier molecular flexibility index (Phi) is 7.86. The molecule has 11 heteroatoms. The highest BCUT2D eigenvalue weighted by molar-refractivity contribution is 6.31. The second-order valence-electron chi connectivity index (χ2n) is 11.0. The lowest BCUT2D eigenvalue weighted by molar-refractivity contribution is -0.120. The molecule has 2 heterocycles. The smallest absolute Gasteiger partial charge is 0.271 e. The monoisotopic (exact) mass is 575 g/mol. The molecule has 0 spiro atoms. The molecule has 2 aromatic carbocycles. The number of primary amides is 2. The number of hydrogen-bond donors (Lipinski definition) is 3. The number of nitrogens with one attached hydrogen (secondary N) is 1. The predicted octanol–water partition coefficient (Wildman–Crippen LogP) is 4.07. The highest BCUT2D eigenvalue weighted by Gasteiger charge is 2.49. The molecule has 10 nitrogen and oxygen atoms in total. The molecule has 1 atom stereocenters. The highest BCUT2D eigenvalue weighted by Crippen LogP contribution is 2.48. The summed E-state index contributed by atoms with van der Waals surface area (Å²) in [5.74, 6) is -0.0380. The first-order chi connectivity index (χ1) is 19.6. The van der Waals surface area contributed by atoms with Gasteiger partial charge in [-0.05, 0) is 80.0 Å². The molecule has 0 radical (unpaired) electrons. The summed E-state index contributed by atoms with van der Waals surface area (Å²) in [6.07, 6.45) is 5.23. The van der Waals surface area contributed by atoms with E-state index in [4.69, 9.17) is 28.1 Å². The van der Waals surface area contributed by atoms with E-state index < -0.39 is 11.3 Å². The van der Waals surface area contributed by atoms with Crippen molar-refractivity contribution < 1.29 is 14.4 Å². The van der Waals surface area contributed by atoms with E-state index in [-0.39, 0.29) is 29.2 Å². The SMILES string of the molecule is Cc1cc(Cl)cc(N(C)C(=O)C[C@@H]2CCCN(c3cnc(C(N)=O)c(Nc4ccc(C5(C(N)=O)CC5)cc4)n3)C2)c1. The fraction of sp³-hybridized carbons (Fsp3) is 0.367. The molecule has 5 rings (SSSR count). The zero-order valence-corrected chi connectivity index (χ0v) is 23.9. The third kappa shape index (κ3) is 6.12. The van der Waals surface area contributed by atoms with Gasteiger partial charge >= 0.3 is 0 Å². The molecule has 1 aromatic heterocycles. The minimum Gasteiger partial charge on any atom is -0.369 e. The molecule has 1 saturated carbocycles. The number of anilines is 4. The summed E-state index contributed by atoms with van der Waals surface area (Å²) < 4.78 is 0. The molecule has 3 aromatic rings. The number of nitrogens with zero attached hydrogens (tertiary/aromatic N) is 4. The summed E-state index contributed by atoms with van der Waals surface area (Å²) in [4.78, 5) is 49.9. The van der Waals surface area contributed by atoms with Gasteiger partial charge in [0.25, 0.3) is 5.91 Å². The summed E-state index contributed by atoms with van der Waals surface area (Å²) in [5.41, 5.74) is 13.9. The standard InChI is InChI=1S/C30H34ClN7O3/c1-18-12-21(31)15-23(13-18)37(2)25(39)14-19-4-3-11-38(17-19)24-16-34-26(27(32)40)28(36-24)35-22-7-5-20(6-8-22)30(9-10-30)29(33)41/h5-8,12-13,15-16,19H,3-4,9-11,14,17H2,1-2H3,(H2,32,40)(H2,33,41)(H,35,36)/t19-/m0/s1. The van der Waals surface area contributed by atoms with E-state index in [0.29, 0.717) is 29.5 Å². The molecule has 1 aliphatic heterocycles. The lowest BCUT2D eigenvalue weighted by Crippen LogP contribution is -2.39. The lowest BCUT2D eigenvalue weighted by atomic mass is 9.94. The number of carbonyl (C=O) groups excluding carboxylic acids is 3. The van der Waals surface area contributed by atoms with Crippen molar-refractivity contribution in [2.24, 2.45) is 17.4 Å². The Morgan fingerprint density at radius 2 is 1.88 bits per heavy atom. The number of hydrogen-bond acceptors (Lipinski definition) is 7. The van der Waals surface area contributed by atoms with E-state index in [0.717, 1.165) is 49.0 Å². The number of piperidine rings is 1. The predicted molar refractivity (Wildman–Crippen MR) is 160 cm³/mol. The van der Waals surface area contributed by atoms with Gasteiger partial charge in [-0.2, -0.15) is 0 Å². The van der Waals surface area contributed by atoms with Crippen LogP contribution in [-0.4, -0.2) is 47.8 Å². The fourth-order valence-electron chi connectivity index (χ4n) is 5.49. The third-order valence-electron chi connectivity index (χ3n) is 8.01. The Morgan fingerprint density at radius 1 is 1.15 bits per heavy atom. The molecule has 2 aliphatic rings. The maximum atomic E-state index is 13.1. The van der Waals surface area contributed by atoms with Crippen LogP contribution in [0.3, 0.4) is 0 Å². The van der Waals surface area contributed by atoms with E-state index in [1.54, 1.807) is 24.2 Å². The molecule has 0 bridgehead atoms. The zero-order chi connectivity index (χ0) is 29.3.